The molecule has 1 saturated carbocycles. The SMILES string of the molecule is CCCC1CCC(c2ccc(-c3ccccc3)c(F)c2)CC1. The van der Waals surface area contributed by atoms with Crippen LogP contribution in [0.3, 0.4) is 0 Å². The first-order valence-electron chi connectivity index (χ1n) is 8.62. The highest BCUT2D eigenvalue weighted by molar-refractivity contribution is 5.64. The Labute approximate surface area is 133 Å². The molecule has 0 radical (unpaired) electrons. The lowest BCUT2D eigenvalue weighted by atomic mass is 9.77. The van der Waals surface area contributed by atoms with E-state index in [1.807, 2.05) is 36.4 Å². The third-order valence-corrected chi connectivity index (χ3v) is 5.09. The Kier molecular flexibility index (Phi) is 4.92. The van der Waals surface area contributed by atoms with Gasteiger partial charge in [0.05, 0.1) is 0 Å². The number of rotatable bonds is 4. The third kappa shape index (κ3) is 3.40. The Hall–Kier alpha value is -1.63. The molecule has 2 aromatic carbocycles. The molecule has 0 amide bonds. The van der Waals surface area contributed by atoms with Gasteiger partial charge < -0.3 is 0 Å². The third-order valence-electron chi connectivity index (χ3n) is 5.09. The quantitative estimate of drug-likeness (QED) is 0.598. The zero-order valence-corrected chi connectivity index (χ0v) is 13.4. The number of hydrogen-bond acceptors (Lipinski definition) is 0. The number of halogens is 1. The van der Waals surface area contributed by atoms with Gasteiger partial charge in [-0.1, -0.05) is 62.2 Å². The summed E-state index contributed by atoms with van der Waals surface area (Å²) in [6, 6.07) is 15.7. The fourth-order valence-electron chi connectivity index (χ4n) is 3.83. The van der Waals surface area contributed by atoms with Crippen LogP contribution in [0.4, 0.5) is 4.39 Å². The molecule has 116 valence electrons. The molecule has 22 heavy (non-hydrogen) atoms. The molecule has 0 unspecified atom stereocenters. The molecule has 0 heterocycles. The molecule has 0 N–H and O–H groups in total. The lowest BCUT2D eigenvalue weighted by molar-refractivity contribution is 0.308. The van der Waals surface area contributed by atoms with E-state index >= 15 is 0 Å². The lowest BCUT2D eigenvalue weighted by Gasteiger charge is -2.28. The summed E-state index contributed by atoms with van der Waals surface area (Å²) in [6.07, 6.45) is 7.69. The van der Waals surface area contributed by atoms with Crippen molar-refractivity contribution in [3.8, 4) is 11.1 Å². The van der Waals surface area contributed by atoms with Crippen molar-refractivity contribution < 1.29 is 4.39 Å². The van der Waals surface area contributed by atoms with Crippen molar-refractivity contribution in [3.63, 3.8) is 0 Å². The van der Waals surface area contributed by atoms with Crippen molar-refractivity contribution in [2.45, 2.75) is 51.4 Å². The normalized spacial score (nSPS) is 21.7. The molecule has 0 spiro atoms. The van der Waals surface area contributed by atoms with Crippen molar-refractivity contribution in [2.24, 2.45) is 5.92 Å². The van der Waals surface area contributed by atoms with E-state index in [4.69, 9.17) is 0 Å². The number of benzene rings is 2. The van der Waals surface area contributed by atoms with E-state index in [-0.39, 0.29) is 5.82 Å². The predicted octanol–water partition coefficient (Wildman–Crippen LogP) is 6.57. The average molecular weight is 296 g/mol. The molecule has 3 rings (SSSR count). The Morgan fingerprint density at radius 3 is 2.32 bits per heavy atom. The summed E-state index contributed by atoms with van der Waals surface area (Å²) >= 11 is 0. The van der Waals surface area contributed by atoms with Gasteiger partial charge in [0.1, 0.15) is 5.82 Å². The second kappa shape index (κ2) is 7.09. The molecule has 0 bridgehead atoms. The van der Waals surface area contributed by atoms with Crippen LogP contribution in [0.1, 0.15) is 56.9 Å². The molecule has 1 heteroatoms. The van der Waals surface area contributed by atoms with Gasteiger partial charge in [0.15, 0.2) is 0 Å². The molecular weight excluding hydrogens is 271 g/mol. The maximum absolute atomic E-state index is 14.5. The molecule has 2 aromatic rings. The standard InChI is InChI=1S/C21H25F/c1-2-6-16-9-11-17(12-10-16)19-13-14-20(21(22)15-19)18-7-4-3-5-8-18/h3-5,7-8,13-17H,2,6,9-12H2,1H3. The second-order valence-electron chi connectivity index (χ2n) is 6.61. The Balaban J connectivity index is 1.73. The summed E-state index contributed by atoms with van der Waals surface area (Å²) in [5.74, 6) is 1.36. The van der Waals surface area contributed by atoms with E-state index in [2.05, 4.69) is 13.0 Å². The topological polar surface area (TPSA) is 0 Å². The number of hydrogen-bond donors (Lipinski definition) is 0. The average Bonchev–Trinajstić information content (AvgIpc) is 2.56. The smallest absolute Gasteiger partial charge is 0.131 e. The van der Waals surface area contributed by atoms with E-state index in [0.29, 0.717) is 11.5 Å². The summed E-state index contributed by atoms with van der Waals surface area (Å²) in [5, 5.41) is 0. The highest BCUT2D eigenvalue weighted by Crippen LogP contribution is 2.38. The van der Waals surface area contributed by atoms with Gasteiger partial charge in [0.25, 0.3) is 0 Å². The first-order valence-corrected chi connectivity index (χ1v) is 8.62. The summed E-state index contributed by atoms with van der Waals surface area (Å²) < 4.78 is 14.5. The first kappa shape index (κ1) is 15.3. The fourth-order valence-corrected chi connectivity index (χ4v) is 3.83. The lowest BCUT2D eigenvalue weighted by Crippen LogP contribution is -2.13. The summed E-state index contributed by atoms with van der Waals surface area (Å²) in [7, 11) is 0. The predicted molar refractivity (Wildman–Crippen MR) is 91.4 cm³/mol. The van der Waals surface area contributed by atoms with Gasteiger partial charge in [-0.05, 0) is 54.7 Å². The van der Waals surface area contributed by atoms with Crippen LogP contribution in [0.5, 0.6) is 0 Å². The van der Waals surface area contributed by atoms with E-state index in [0.717, 1.165) is 11.5 Å². The van der Waals surface area contributed by atoms with E-state index in [9.17, 15) is 4.39 Å². The molecule has 1 aliphatic rings. The van der Waals surface area contributed by atoms with Gasteiger partial charge in [-0.3, -0.25) is 0 Å². The second-order valence-corrected chi connectivity index (χ2v) is 6.61. The maximum atomic E-state index is 14.5. The minimum Gasteiger partial charge on any atom is -0.206 e. The van der Waals surface area contributed by atoms with Crippen molar-refractivity contribution in [1.82, 2.24) is 0 Å². The molecule has 0 aromatic heterocycles. The van der Waals surface area contributed by atoms with Crippen LogP contribution in [0.15, 0.2) is 48.5 Å². The molecule has 0 nitrogen and oxygen atoms in total. The van der Waals surface area contributed by atoms with Gasteiger partial charge in [-0.2, -0.15) is 0 Å². The molecule has 1 fully saturated rings. The summed E-state index contributed by atoms with van der Waals surface area (Å²) in [4.78, 5) is 0. The molecule has 0 aliphatic heterocycles. The van der Waals surface area contributed by atoms with Crippen molar-refractivity contribution in [3.05, 3.63) is 59.9 Å². The van der Waals surface area contributed by atoms with E-state index < -0.39 is 0 Å². The van der Waals surface area contributed by atoms with Gasteiger partial charge in [0, 0.05) is 5.56 Å². The summed E-state index contributed by atoms with van der Waals surface area (Å²) in [5.41, 5.74) is 2.86. The van der Waals surface area contributed by atoms with Crippen molar-refractivity contribution in [2.75, 3.05) is 0 Å². The van der Waals surface area contributed by atoms with Crippen LogP contribution < -0.4 is 0 Å². The highest BCUT2D eigenvalue weighted by atomic mass is 19.1. The monoisotopic (exact) mass is 296 g/mol. The highest BCUT2D eigenvalue weighted by Gasteiger charge is 2.22. The Morgan fingerprint density at radius 2 is 1.68 bits per heavy atom. The Bertz CT molecular complexity index is 595. The summed E-state index contributed by atoms with van der Waals surface area (Å²) in [6.45, 7) is 2.27. The van der Waals surface area contributed by atoms with Crippen LogP contribution in [-0.4, -0.2) is 0 Å². The van der Waals surface area contributed by atoms with E-state index in [1.165, 1.54) is 44.1 Å². The fraction of sp³-hybridized carbons (Fsp3) is 0.429. The molecular formula is C21H25F. The minimum absolute atomic E-state index is 0.0839. The van der Waals surface area contributed by atoms with Crippen LogP contribution in [0, 0.1) is 11.7 Å². The largest absolute Gasteiger partial charge is 0.206 e. The van der Waals surface area contributed by atoms with Crippen LogP contribution in [0.2, 0.25) is 0 Å². The molecule has 1 aliphatic carbocycles. The van der Waals surface area contributed by atoms with Crippen LogP contribution in [0.25, 0.3) is 11.1 Å². The zero-order valence-electron chi connectivity index (χ0n) is 13.4. The van der Waals surface area contributed by atoms with Gasteiger partial charge in [0.2, 0.25) is 0 Å². The molecule has 0 saturated heterocycles. The van der Waals surface area contributed by atoms with Crippen molar-refractivity contribution in [1.29, 1.82) is 0 Å². The van der Waals surface area contributed by atoms with Crippen LogP contribution >= 0.6 is 0 Å². The van der Waals surface area contributed by atoms with Crippen molar-refractivity contribution >= 4 is 0 Å². The van der Waals surface area contributed by atoms with Gasteiger partial charge >= 0.3 is 0 Å². The molecule has 0 atom stereocenters. The Morgan fingerprint density at radius 1 is 0.955 bits per heavy atom. The first-order chi connectivity index (χ1) is 10.8. The zero-order chi connectivity index (χ0) is 15.4. The van der Waals surface area contributed by atoms with Gasteiger partial charge in [-0.15, -0.1) is 0 Å². The minimum atomic E-state index is -0.0839. The van der Waals surface area contributed by atoms with Gasteiger partial charge in [-0.25, -0.2) is 4.39 Å². The van der Waals surface area contributed by atoms with E-state index in [1.54, 1.807) is 6.07 Å². The maximum Gasteiger partial charge on any atom is 0.131 e. The van der Waals surface area contributed by atoms with Crippen LogP contribution in [-0.2, 0) is 0 Å².